The Hall–Kier alpha value is -1.06. The Kier molecular flexibility index (Phi) is 4.97. The summed E-state index contributed by atoms with van der Waals surface area (Å²) < 4.78 is 0. The number of hydrogen-bond acceptors (Lipinski definition) is 2. The van der Waals surface area contributed by atoms with Crippen molar-refractivity contribution < 1.29 is 9.90 Å². The minimum atomic E-state index is -0.747. The Balaban J connectivity index is 0.00000144. The Morgan fingerprint density at radius 1 is 1.29 bits per heavy atom. The van der Waals surface area contributed by atoms with Gasteiger partial charge < -0.3 is 10.8 Å². The van der Waals surface area contributed by atoms with E-state index in [1.807, 2.05) is 18.2 Å². The molecule has 0 aromatic heterocycles. The lowest BCUT2D eigenvalue weighted by Crippen LogP contribution is -2.36. The molecule has 1 aliphatic rings. The molecule has 0 aliphatic heterocycles. The lowest BCUT2D eigenvalue weighted by molar-refractivity contribution is -0.142. The number of halogens is 1. The third-order valence-corrected chi connectivity index (χ3v) is 3.52. The maximum absolute atomic E-state index is 10.9. The van der Waals surface area contributed by atoms with Gasteiger partial charge in [0, 0.05) is 6.04 Å². The van der Waals surface area contributed by atoms with Crippen LogP contribution in [0.2, 0.25) is 0 Å². The lowest BCUT2D eigenvalue weighted by Gasteiger charge is -2.18. The summed E-state index contributed by atoms with van der Waals surface area (Å²) in [7, 11) is 0. The quantitative estimate of drug-likeness (QED) is 0.869. The summed E-state index contributed by atoms with van der Waals surface area (Å²) in [6, 6.07) is 9.94. The number of aliphatic carboxylic acids is 1. The Morgan fingerprint density at radius 2 is 1.94 bits per heavy atom. The van der Waals surface area contributed by atoms with Crippen LogP contribution in [0.15, 0.2) is 30.3 Å². The minimum Gasteiger partial charge on any atom is -0.481 e. The number of nitrogens with two attached hydrogens (primary N) is 1. The zero-order chi connectivity index (χ0) is 11.5. The van der Waals surface area contributed by atoms with E-state index in [-0.39, 0.29) is 24.4 Å². The van der Waals surface area contributed by atoms with E-state index in [4.69, 9.17) is 10.8 Å². The number of carboxylic acids is 1. The molecule has 1 aromatic carbocycles. The molecular formula is C13H18ClNO2. The summed E-state index contributed by atoms with van der Waals surface area (Å²) in [5.41, 5.74) is 7.24. The van der Waals surface area contributed by atoms with Crippen molar-refractivity contribution in [2.45, 2.75) is 25.3 Å². The number of rotatable bonds is 3. The summed E-state index contributed by atoms with van der Waals surface area (Å²) >= 11 is 0. The number of benzene rings is 1. The molecule has 1 aromatic rings. The molecule has 0 heterocycles. The maximum atomic E-state index is 10.9. The number of hydrogen-bond donors (Lipinski definition) is 2. The molecule has 0 bridgehead atoms. The van der Waals surface area contributed by atoms with Gasteiger partial charge in [0.05, 0.1) is 5.92 Å². The molecule has 0 unspecified atom stereocenters. The lowest BCUT2D eigenvalue weighted by atomic mass is 9.92. The first-order valence-corrected chi connectivity index (χ1v) is 5.71. The predicted molar refractivity (Wildman–Crippen MR) is 69.2 cm³/mol. The number of carboxylic acid groups (broad SMARTS) is 1. The van der Waals surface area contributed by atoms with Gasteiger partial charge in [-0.05, 0) is 30.7 Å². The van der Waals surface area contributed by atoms with Crippen molar-refractivity contribution in [1.29, 1.82) is 0 Å². The monoisotopic (exact) mass is 255 g/mol. The van der Waals surface area contributed by atoms with E-state index in [0.29, 0.717) is 12.3 Å². The molecule has 0 spiro atoms. The highest BCUT2D eigenvalue weighted by Gasteiger charge is 2.37. The van der Waals surface area contributed by atoms with Crippen LogP contribution < -0.4 is 5.73 Å². The third kappa shape index (κ3) is 3.20. The second-order valence-corrected chi connectivity index (χ2v) is 4.55. The molecule has 1 fully saturated rings. The van der Waals surface area contributed by atoms with E-state index in [9.17, 15) is 4.79 Å². The van der Waals surface area contributed by atoms with E-state index in [1.54, 1.807) is 0 Å². The molecule has 0 saturated heterocycles. The van der Waals surface area contributed by atoms with Gasteiger partial charge in [0.1, 0.15) is 0 Å². The summed E-state index contributed by atoms with van der Waals surface area (Å²) in [5, 5.41) is 8.99. The van der Waals surface area contributed by atoms with Crippen molar-refractivity contribution in [2.75, 3.05) is 0 Å². The molecule has 0 radical (unpaired) electrons. The van der Waals surface area contributed by atoms with E-state index in [1.165, 1.54) is 5.56 Å². The highest BCUT2D eigenvalue weighted by atomic mass is 35.5. The van der Waals surface area contributed by atoms with Crippen molar-refractivity contribution >= 4 is 18.4 Å². The van der Waals surface area contributed by atoms with Crippen molar-refractivity contribution in [2.24, 2.45) is 17.6 Å². The van der Waals surface area contributed by atoms with E-state index >= 15 is 0 Å². The Bertz CT molecular complexity index is 369. The topological polar surface area (TPSA) is 63.3 Å². The largest absolute Gasteiger partial charge is 0.481 e. The SMILES string of the molecule is Cl.N[C@H]1[C@H](Cc2ccccc2)CC[C@H]1C(=O)O. The van der Waals surface area contributed by atoms with E-state index in [0.717, 1.165) is 12.8 Å². The van der Waals surface area contributed by atoms with Gasteiger partial charge in [0.25, 0.3) is 0 Å². The first-order valence-electron chi connectivity index (χ1n) is 5.71. The van der Waals surface area contributed by atoms with E-state index < -0.39 is 5.97 Å². The van der Waals surface area contributed by atoms with Gasteiger partial charge in [0.2, 0.25) is 0 Å². The molecule has 1 saturated carbocycles. The predicted octanol–water partition coefficient (Wildman–Crippen LogP) is 2.09. The van der Waals surface area contributed by atoms with Crippen LogP contribution in [0.4, 0.5) is 0 Å². The van der Waals surface area contributed by atoms with Gasteiger partial charge in [-0.25, -0.2) is 0 Å². The van der Waals surface area contributed by atoms with Crippen LogP contribution in [0.1, 0.15) is 18.4 Å². The van der Waals surface area contributed by atoms with Crippen LogP contribution in [0, 0.1) is 11.8 Å². The smallest absolute Gasteiger partial charge is 0.308 e. The summed E-state index contributed by atoms with van der Waals surface area (Å²) in [6.45, 7) is 0. The molecule has 17 heavy (non-hydrogen) atoms. The van der Waals surface area contributed by atoms with Crippen LogP contribution in [0.3, 0.4) is 0 Å². The average molecular weight is 256 g/mol. The van der Waals surface area contributed by atoms with Crippen molar-refractivity contribution in [3.63, 3.8) is 0 Å². The molecule has 2 rings (SSSR count). The van der Waals surface area contributed by atoms with Crippen LogP contribution >= 0.6 is 12.4 Å². The van der Waals surface area contributed by atoms with Crippen molar-refractivity contribution in [1.82, 2.24) is 0 Å². The van der Waals surface area contributed by atoms with Gasteiger partial charge in [-0.15, -0.1) is 12.4 Å². The first kappa shape index (κ1) is 14.0. The molecular weight excluding hydrogens is 238 g/mol. The van der Waals surface area contributed by atoms with Gasteiger partial charge in [-0.3, -0.25) is 4.79 Å². The molecule has 3 atom stereocenters. The standard InChI is InChI=1S/C13H17NO2.ClH/c14-12-10(6-7-11(12)13(15)16)8-9-4-2-1-3-5-9;/h1-5,10-12H,6-8,14H2,(H,15,16);1H/t10-,11+,12-;/m0./s1. The van der Waals surface area contributed by atoms with Crippen LogP contribution in [-0.2, 0) is 11.2 Å². The highest BCUT2D eigenvalue weighted by molar-refractivity contribution is 5.85. The second kappa shape index (κ2) is 6.03. The van der Waals surface area contributed by atoms with Crippen LogP contribution in [-0.4, -0.2) is 17.1 Å². The van der Waals surface area contributed by atoms with Crippen LogP contribution in [0.25, 0.3) is 0 Å². The van der Waals surface area contributed by atoms with Crippen molar-refractivity contribution in [3.8, 4) is 0 Å². The molecule has 3 nitrogen and oxygen atoms in total. The molecule has 94 valence electrons. The zero-order valence-electron chi connectivity index (χ0n) is 9.58. The van der Waals surface area contributed by atoms with Crippen LogP contribution in [0.5, 0.6) is 0 Å². The zero-order valence-corrected chi connectivity index (χ0v) is 10.4. The summed E-state index contributed by atoms with van der Waals surface area (Å²) in [5.74, 6) is -0.791. The van der Waals surface area contributed by atoms with Gasteiger partial charge in [0.15, 0.2) is 0 Å². The third-order valence-electron chi connectivity index (χ3n) is 3.52. The van der Waals surface area contributed by atoms with Crippen molar-refractivity contribution in [3.05, 3.63) is 35.9 Å². The normalized spacial score (nSPS) is 27.5. The minimum absolute atomic E-state index is 0. The Morgan fingerprint density at radius 3 is 2.47 bits per heavy atom. The summed E-state index contributed by atoms with van der Waals surface area (Å²) in [4.78, 5) is 10.9. The first-order chi connectivity index (χ1) is 7.68. The molecule has 1 aliphatic carbocycles. The fourth-order valence-electron chi connectivity index (χ4n) is 2.55. The molecule has 0 amide bonds. The number of carbonyl (C=O) groups is 1. The van der Waals surface area contributed by atoms with E-state index in [2.05, 4.69) is 12.1 Å². The second-order valence-electron chi connectivity index (χ2n) is 4.55. The fraction of sp³-hybridized carbons (Fsp3) is 0.462. The average Bonchev–Trinajstić information content (AvgIpc) is 2.62. The fourth-order valence-corrected chi connectivity index (χ4v) is 2.55. The summed E-state index contributed by atoms with van der Waals surface area (Å²) in [6.07, 6.45) is 2.53. The molecule has 3 N–H and O–H groups in total. The van der Waals surface area contributed by atoms with Gasteiger partial charge in [-0.1, -0.05) is 30.3 Å². The van der Waals surface area contributed by atoms with Gasteiger partial charge >= 0.3 is 5.97 Å². The van der Waals surface area contributed by atoms with Gasteiger partial charge in [-0.2, -0.15) is 0 Å². The highest BCUT2D eigenvalue weighted by Crippen LogP contribution is 2.32. The molecule has 4 heteroatoms. The Labute approximate surface area is 107 Å². The maximum Gasteiger partial charge on any atom is 0.308 e.